The molecule has 2 aromatic rings. The van der Waals surface area contributed by atoms with Gasteiger partial charge in [0.2, 0.25) is 10.0 Å². The maximum atomic E-state index is 13.4. The normalized spacial score (nSPS) is 19.5. The second-order valence-corrected chi connectivity index (χ2v) is 14.4. The Hall–Kier alpha value is -2.85. The average Bonchev–Trinajstić information content (AvgIpc) is 3.01. The van der Waals surface area contributed by atoms with Crippen LogP contribution < -0.4 is 14.4 Å². The van der Waals surface area contributed by atoms with Crippen LogP contribution in [-0.4, -0.2) is 69.9 Å². The van der Waals surface area contributed by atoms with Crippen LogP contribution in [0.15, 0.2) is 61.7 Å². The van der Waals surface area contributed by atoms with Crippen LogP contribution in [0.5, 0.6) is 5.75 Å². The second-order valence-electron chi connectivity index (χ2n) is 11.9. The summed E-state index contributed by atoms with van der Waals surface area (Å²) in [4.78, 5) is 18.1. The van der Waals surface area contributed by atoms with Crippen molar-refractivity contribution in [1.29, 1.82) is 0 Å². The van der Waals surface area contributed by atoms with Crippen LogP contribution in [0.1, 0.15) is 61.0 Å². The lowest BCUT2D eigenvalue weighted by molar-refractivity contribution is 0.0259. The summed E-state index contributed by atoms with van der Waals surface area (Å²) in [5.74, 6) is -0.199. The summed E-state index contributed by atoms with van der Waals surface area (Å²) in [6.45, 7) is 14.5. The number of rotatable bonds is 12. The smallest absolute Gasteiger partial charge is 0.264 e. The number of hydrogen-bond donors (Lipinski definition) is 1. The van der Waals surface area contributed by atoms with Crippen molar-refractivity contribution in [3.63, 3.8) is 0 Å². The van der Waals surface area contributed by atoms with E-state index in [4.69, 9.17) is 21.1 Å². The summed E-state index contributed by atoms with van der Waals surface area (Å²) >= 11 is 6.32. The highest BCUT2D eigenvalue weighted by molar-refractivity contribution is 7.90. The van der Waals surface area contributed by atoms with Crippen molar-refractivity contribution in [2.75, 3.05) is 38.3 Å². The summed E-state index contributed by atoms with van der Waals surface area (Å²) in [7, 11) is -2.20. The molecule has 0 bridgehead atoms. The van der Waals surface area contributed by atoms with E-state index in [1.807, 2.05) is 31.2 Å². The van der Waals surface area contributed by atoms with Gasteiger partial charge in [-0.2, -0.15) is 0 Å². The van der Waals surface area contributed by atoms with Gasteiger partial charge >= 0.3 is 0 Å². The minimum atomic E-state index is -3.90. The number of amides is 1. The summed E-state index contributed by atoms with van der Waals surface area (Å²) in [6, 6.07) is 11.5. The lowest BCUT2D eigenvalue weighted by Gasteiger charge is -2.47. The van der Waals surface area contributed by atoms with Gasteiger partial charge in [0.05, 0.1) is 23.6 Å². The molecule has 2 aromatic carbocycles. The molecule has 0 spiro atoms. The number of benzene rings is 2. The van der Waals surface area contributed by atoms with Crippen molar-refractivity contribution >= 4 is 33.2 Å². The molecule has 4 rings (SSSR count). The number of anilines is 1. The predicted octanol–water partition coefficient (Wildman–Crippen LogP) is 6.00. The third kappa shape index (κ3) is 8.24. The molecule has 44 heavy (non-hydrogen) atoms. The summed E-state index contributed by atoms with van der Waals surface area (Å²) in [6.07, 6.45) is 7.96. The quantitative estimate of drug-likeness (QED) is 0.284. The predicted molar refractivity (Wildman–Crippen MR) is 178 cm³/mol. The number of likely N-dealkylation sites (tertiary alicyclic amines) is 1. The topological polar surface area (TPSA) is 88.2 Å². The number of nitrogens with one attached hydrogen (secondary N) is 1. The zero-order valence-corrected chi connectivity index (χ0v) is 27.7. The van der Waals surface area contributed by atoms with Gasteiger partial charge in [-0.1, -0.05) is 36.7 Å². The first kappa shape index (κ1) is 34.0. The number of carbonyl (C=O) groups is 1. The van der Waals surface area contributed by atoms with Crippen LogP contribution >= 0.6 is 11.6 Å². The molecule has 2 heterocycles. The van der Waals surface area contributed by atoms with Crippen LogP contribution in [-0.2, 0) is 27.8 Å². The molecule has 2 aliphatic heterocycles. The van der Waals surface area contributed by atoms with Crippen molar-refractivity contribution in [3.8, 4) is 5.75 Å². The molecule has 2 aliphatic rings. The molecule has 4 atom stereocenters. The summed E-state index contributed by atoms with van der Waals surface area (Å²) < 4.78 is 40.3. The highest BCUT2D eigenvalue weighted by Gasteiger charge is 2.35. The van der Waals surface area contributed by atoms with Gasteiger partial charge in [-0.25, -0.2) is 13.1 Å². The van der Waals surface area contributed by atoms with E-state index in [-0.39, 0.29) is 23.6 Å². The van der Waals surface area contributed by atoms with E-state index in [0.717, 1.165) is 56.6 Å². The highest BCUT2D eigenvalue weighted by atomic mass is 35.5. The zero-order chi connectivity index (χ0) is 31.9. The number of sulfonamides is 1. The number of ether oxygens (including phenoxy) is 2. The van der Waals surface area contributed by atoms with Gasteiger partial charge in [-0.15, -0.1) is 13.2 Å². The maximum Gasteiger partial charge on any atom is 0.264 e. The number of hydrogen-bond acceptors (Lipinski definition) is 7. The first-order valence-electron chi connectivity index (χ1n) is 15.4. The summed E-state index contributed by atoms with van der Waals surface area (Å²) in [5.41, 5.74) is 3.28. The van der Waals surface area contributed by atoms with Gasteiger partial charge in [0.1, 0.15) is 12.4 Å². The number of fused-ring (bicyclic) bond motifs is 2. The molecule has 0 aromatic heterocycles. The minimum absolute atomic E-state index is 0.116. The Morgan fingerprint density at radius 1 is 1.16 bits per heavy atom. The van der Waals surface area contributed by atoms with E-state index < -0.39 is 21.2 Å². The Labute approximate surface area is 268 Å². The van der Waals surface area contributed by atoms with E-state index in [2.05, 4.69) is 27.7 Å². The Morgan fingerprint density at radius 2 is 1.95 bits per heavy atom. The van der Waals surface area contributed by atoms with Crippen molar-refractivity contribution in [1.82, 2.24) is 9.62 Å². The fraction of sp³-hybridized carbons (Fsp3) is 0.500. The molecule has 10 heteroatoms. The van der Waals surface area contributed by atoms with Gasteiger partial charge in [-0.3, -0.25) is 9.69 Å². The minimum Gasteiger partial charge on any atom is -0.487 e. The maximum absolute atomic E-state index is 13.4. The van der Waals surface area contributed by atoms with Crippen LogP contribution in [0.4, 0.5) is 5.69 Å². The fourth-order valence-electron chi connectivity index (χ4n) is 5.94. The SMILES string of the molecule is C=CC[C@H](C)[C@@H](C)S(=O)(=O)NC(=O)c1ccc2c(c1)N(C[C@@H]1CCN1[C@H](C=C)COC)CCCCc1cc(Cl)ccc1CO2. The number of carbonyl (C=O) groups excluding carboxylic acids is 1. The van der Waals surface area contributed by atoms with E-state index in [1.165, 1.54) is 5.56 Å². The number of allylic oxidation sites excluding steroid dienone is 1. The Balaban J connectivity index is 1.66. The molecule has 1 amide bonds. The lowest BCUT2D eigenvalue weighted by atomic mass is 9.98. The molecule has 0 saturated carbocycles. The molecular weight excluding hydrogens is 598 g/mol. The number of methoxy groups -OCH3 is 1. The van der Waals surface area contributed by atoms with E-state index in [0.29, 0.717) is 30.4 Å². The monoisotopic (exact) mass is 643 g/mol. The molecule has 0 unspecified atom stereocenters. The molecule has 1 N–H and O–H groups in total. The van der Waals surface area contributed by atoms with Crippen LogP contribution in [0.25, 0.3) is 0 Å². The van der Waals surface area contributed by atoms with Crippen LogP contribution in [0, 0.1) is 5.92 Å². The lowest BCUT2D eigenvalue weighted by Crippen LogP contribution is -2.58. The summed E-state index contributed by atoms with van der Waals surface area (Å²) in [5, 5.41) is -0.0509. The van der Waals surface area contributed by atoms with Crippen molar-refractivity contribution < 1.29 is 22.7 Å². The van der Waals surface area contributed by atoms with Crippen molar-refractivity contribution in [2.45, 2.75) is 69.9 Å². The van der Waals surface area contributed by atoms with Gasteiger partial charge in [0.25, 0.3) is 5.91 Å². The first-order valence-corrected chi connectivity index (χ1v) is 17.3. The van der Waals surface area contributed by atoms with Gasteiger partial charge < -0.3 is 14.4 Å². The molecule has 8 nitrogen and oxygen atoms in total. The third-order valence-corrected chi connectivity index (χ3v) is 11.1. The Morgan fingerprint density at radius 3 is 2.64 bits per heavy atom. The molecule has 1 fully saturated rings. The van der Waals surface area contributed by atoms with Gasteiger partial charge in [0.15, 0.2) is 0 Å². The largest absolute Gasteiger partial charge is 0.487 e. The Bertz CT molecular complexity index is 1430. The van der Waals surface area contributed by atoms with E-state index in [9.17, 15) is 13.2 Å². The Kier molecular flexibility index (Phi) is 11.9. The van der Waals surface area contributed by atoms with Gasteiger partial charge in [-0.05, 0) is 86.4 Å². The van der Waals surface area contributed by atoms with Crippen molar-refractivity contribution in [3.05, 3.63) is 83.4 Å². The van der Waals surface area contributed by atoms with Crippen LogP contribution in [0.3, 0.4) is 0 Å². The molecule has 1 saturated heterocycles. The molecule has 240 valence electrons. The van der Waals surface area contributed by atoms with E-state index in [1.54, 1.807) is 38.3 Å². The van der Waals surface area contributed by atoms with Gasteiger partial charge in [0, 0.05) is 43.4 Å². The number of aryl methyl sites for hydroxylation is 1. The molecule has 0 aliphatic carbocycles. The second kappa shape index (κ2) is 15.4. The average molecular weight is 644 g/mol. The number of halogens is 1. The van der Waals surface area contributed by atoms with Crippen LogP contribution in [0.2, 0.25) is 5.02 Å². The highest BCUT2D eigenvalue weighted by Crippen LogP contribution is 2.34. The van der Waals surface area contributed by atoms with Crippen molar-refractivity contribution in [2.24, 2.45) is 5.92 Å². The third-order valence-electron chi connectivity index (χ3n) is 8.96. The standard InChI is InChI=1S/C34H46ClN3O5S/c1-6-10-24(3)25(4)44(40,41)36-34(39)27-13-15-33-32(20-27)37(21-31-16-18-38(31)30(7-2)23-42-5)17-9-8-11-26-19-29(35)14-12-28(26)22-43-33/h6-7,12-15,19-20,24-25,30-31H,1-2,8-11,16-18,21-23H2,3-5H3,(H,36,39)/t24-,25+,30+,31-/m0/s1. The molecular formula is C34H46ClN3O5S. The number of nitrogens with zero attached hydrogens (tertiary/aromatic N) is 2. The zero-order valence-electron chi connectivity index (χ0n) is 26.1. The van der Waals surface area contributed by atoms with E-state index >= 15 is 0 Å². The molecule has 0 radical (unpaired) electrons. The fourth-order valence-corrected chi connectivity index (χ4v) is 7.42. The first-order chi connectivity index (χ1) is 21.1.